The van der Waals surface area contributed by atoms with Crippen molar-refractivity contribution in [2.75, 3.05) is 20.1 Å². The van der Waals surface area contributed by atoms with Crippen LogP contribution in [-0.2, 0) is 0 Å². The zero-order valence-electron chi connectivity index (χ0n) is 12.7. The van der Waals surface area contributed by atoms with Crippen molar-refractivity contribution in [2.24, 2.45) is 0 Å². The van der Waals surface area contributed by atoms with Gasteiger partial charge in [-0.25, -0.2) is 0 Å². The first kappa shape index (κ1) is 15.2. The van der Waals surface area contributed by atoms with Crippen LogP contribution >= 0.6 is 0 Å². The van der Waals surface area contributed by atoms with E-state index in [-0.39, 0.29) is 0 Å². The monoisotopic (exact) mass is 248 g/mol. The molecule has 1 aromatic carbocycles. The summed E-state index contributed by atoms with van der Waals surface area (Å²) in [7, 11) is 2.19. The fourth-order valence-electron chi connectivity index (χ4n) is 2.15. The molecule has 18 heavy (non-hydrogen) atoms. The Morgan fingerprint density at radius 3 is 2.44 bits per heavy atom. The smallest absolute Gasteiger partial charge is 0.0451 e. The highest BCUT2D eigenvalue weighted by Crippen LogP contribution is 2.20. The van der Waals surface area contributed by atoms with E-state index in [1.54, 1.807) is 0 Å². The van der Waals surface area contributed by atoms with E-state index < -0.39 is 0 Å². The van der Waals surface area contributed by atoms with E-state index in [9.17, 15) is 0 Å². The summed E-state index contributed by atoms with van der Waals surface area (Å²) in [6, 6.07) is 7.73. The van der Waals surface area contributed by atoms with E-state index in [2.05, 4.69) is 70.1 Å². The molecule has 1 N–H and O–H groups in total. The van der Waals surface area contributed by atoms with Crippen LogP contribution in [0.25, 0.3) is 0 Å². The van der Waals surface area contributed by atoms with E-state index in [1.807, 2.05) is 0 Å². The number of hydrogen-bond acceptors (Lipinski definition) is 2. The Bertz CT molecular complexity index is 371. The molecule has 0 aliphatic heterocycles. The topological polar surface area (TPSA) is 15.3 Å². The molecule has 2 nitrogen and oxygen atoms in total. The van der Waals surface area contributed by atoms with Gasteiger partial charge in [0.15, 0.2) is 0 Å². The molecule has 1 atom stereocenters. The summed E-state index contributed by atoms with van der Waals surface area (Å²) in [6.45, 7) is 13.1. The van der Waals surface area contributed by atoms with Crippen molar-refractivity contribution in [1.82, 2.24) is 10.2 Å². The van der Waals surface area contributed by atoms with Gasteiger partial charge in [0, 0.05) is 18.6 Å². The highest BCUT2D eigenvalue weighted by Gasteiger charge is 2.16. The zero-order valence-corrected chi connectivity index (χ0v) is 12.7. The molecule has 0 bridgehead atoms. The van der Waals surface area contributed by atoms with E-state index >= 15 is 0 Å². The maximum Gasteiger partial charge on any atom is 0.0451 e. The lowest BCUT2D eigenvalue weighted by atomic mass is 9.98. The van der Waals surface area contributed by atoms with Gasteiger partial charge in [-0.15, -0.1) is 0 Å². The van der Waals surface area contributed by atoms with Gasteiger partial charge in [-0.1, -0.05) is 30.7 Å². The lowest BCUT2D eigenvalue weighted by molar-refractivity contribution is 0.243. The first-order valence-electron chi connectivity index (χ1n) is 6.96. The largest absolute Gasteiger partial charge is 0.309 e. The maximum absolute atomic E-state index is 3.61. The molecule has 0 heterocycles. The third-order valence-corrected chi connectivity index (χ3v) is 3.61. The van der Waals surface area contributed by atoms with E-state index in [4.69, 9.17) is 0 Å². The summed E-state index contributed by atoms with van der Waals surface area (Å²) in [5.74, 6) is 0. The van der Waals surface area contributed by atoms with Crippen LogP contribution in [0.4, 0.5) is 0 Å². The highest BCUT2D eigenvalue weighted by molar-refractivity contribution is 5.33. The van der Waals surface area contributed by atoms with Crippen molar-refractivity contribution in [2.45, 2.75) is 46.7 Å². The van der Waals surface area contributed by atoms with Gasteiger partial charge in [0.05, 0.1) is 0 Å². The molecular formula is C16H28N2. The van der Waals surface area contributed by atoms with Gasteiger partial charge in [0.1, 0.15) is 0 Å². The molecule has 0 saturated carbocycles. The van der Waals surface area contributed by atoms with E-state index in [1.165, 1.54) is 16.7 Å². The Morgan fingerprint density at radius 2 is 1.89 bits per heavy atom. The molecule has 1 rings (SSSR count). The number of hydrogen-bond donors (Lipinski definition) is 1. The fourth-order valence-corrected chi connectivity index (χ4v) is 2.15. The van der Waals surface area contributed by atoms with Crippen molar-refractivity contribution in [1.29, 1.82) is 0 Å². The van der Waals surface area contributed by atoms with Gasteiger partial charge in [-0.05, 0) is 52.4 Å². The molecule has 2 heteroatoms. The second kappa shape index (κ2) is 6.91. The summed E-state index contributed by atoms with van der Waals surface area (Å²) < 4.78 is 0. The second-order valence-corrected chi connectivity index (χ2v) is 5.50. The lowest BCUT2D eigenvalue weighted by Gasteiger charge is -2.29. The minimum Gasteiger partial charge on any atom is -0.309 e. The number of benzene rings is 1. The van der Waals surface area contributed by atoms with E-state index in [0.29, 0.717) is 12.1 Å². The zero-order chi connectivity index (χ0) is 13.7. The van der Waals surface area contributed by atoms with Crippen molar-refractivity contribution in [3.05, 3.63) is 34.9 Å². The van der Waals surface area contributed by atoms with Gasteiger partial charge in [0.2, 0.25) is 0 Å². The van der Waals surface area contributed by atoms with Crippen LogP contribution in [0, 0.1) is 13.8 Å². The molecule has 0 aliphatic carbocycles. The Labute approximate surface area is 112 Å². The lowest BCUT2D eigenvalue weighted by Crippen LogP contribution is -2.36. The molecule has 1 unspecified atom stereocenters. The van der Waals surface area contributed by atoms with Crippen molar-refractivity contribution in [3.63, 3.8) is 0 Å². The molecule has 0 aliphatic rings. The molecule has 0 amide bonds. The third kappa shape index (κ3) is 4.11. The average molecular weight is 248 g/mol. The van der Waals surface area contributed by atoms with E-state index in [0.717, 1.165) is 13.1 Å². The minimum absolute atomic E-state index is 0.419. The number of nitrogens with zero attached hydrogens (tertiary/aromatic N) is 1. The predicted molar refractivity (Wildman–Crippen MR) is 80.1 cm³/mol. The predicted octanol–water partition coefficient (Wildman–Crippen LogP) is 3.29. The van der Waals surface area contributed by atoms with Crippen LogP contribution in [0.2, 0.25) is 0 Å². The second-order valence-electron chi connectivity index (χ2n) is 5.50. The number of likely N-dealkylation sites (N-methyl/N-ethyl adjacent to an activating group) is 2. The molecule has 0 aromatic heterocycles. The number of aryl methyl sites for hydroxylation is 2. The van der Waals surface area contributed by atoms with Crippen LogP contribution in [-0.4, -0.2) is 31.1 Å². The van der Waals surface area contributed by atoms with Gasteiger partial charge < -0.3 is 10.2 Å². The third-order valence-electron chi connectivity index (χ3n) is 3.61. The van der Waals surface area contributed by atoms with Gasteiger partial charge in [0.25, 0.3) is 0 Å². The normalized spacial score (nSPS) is 13.3. The standard InChI is InChI=1S/C16H28N2/c1-7-17-16(11-18(6)12(2)3)15-10-13(4)8-9-14(15)5/h8-10,12,16-17H,7,11H2,1-6H3. The number of rotatable bonds is 6. The minimum atomic E-state index is 0.419. The first-order chi connectivity index (χ1) is 8.45. The summed E-state index contributed by atoms with van der Waals surface area (Å²) >= 11 is 0. The SMILES string of the molecule is CCNC(CN(C)C(C)C)c1cc(C)ccc1C. The Kier molecular flexibility index (Phi) is 5.83. The Morgan fingerprint density at radius 1 is 1.22 bits per heavy atom. The highest BCUT2D eigenvalue weighted by atomic mass is 15.1. The summed E-state index contributed by atoms with van der Waals surface area (Å²) in [5, 5.41) is 3.61. The molecule has 0 radical (unpaired) electrons. The Hall–Kier alpha value is -0.860. The van der Waals surface area contributed by atoms with Crippen LogP contribution in [0.15, 0.2) is 18.2 Å². The molecule has 0 fully saturated rings. The van der Waals surface area contributed by atoms with Gasteiger partial charge >= 0.3 is 0 Å². The van der Waals surface area contributed by atoms with Crippen LogP contribution < -0.4 is 5.32 Å². The molecule has 1 aromatic rings. The van der Waals surface area contributed by atoms with Gasteiger partial charge in [-0.2, -0.15) is 0 Å². The van der Waals surface area contributed by atoms with Crippen LogP contribution in [0.1, 0.15) is 43.5 Å². The molecule has 102 valence electrons. The average Bonchev–Trinajstić information content (AvgIpc) is 2.31. The van der Waals surface area contributed by atoms with Crippen molar-refractivity contribution in [3.8, 4) is 0 Å². The van der Waals surface area contributed by atoms with Crippen molar-refractivity contribution < 1.29 is 0 Å². The Balaban J connectivity index is 2.93. The van der Waals surface area contributed by atoms with Crippen LogP contribution in [0.3, 0.4) is 0 Å². The fraction of sp³-hybridized carbons (Fsp3) is 0.625. The maximum atomic E-state index is 3.61. The summed E-state index contributed by atoms with van der Waals surface area (Å²) in [4.78, 5) is 2.40. The van der Waals surface area contributed by atoms with Crippen LogP contribution in [0.5, 0.6) is 0 Å². The number of nitrogens with one attached hydrogen (secondary N) is 1. The molecular weight excluding hydrogens is 220 g/mol. The quantitative estimate of drug-likeness (QED) is 0.831. The molecule has 0 spiro atoms. The summed E-state index contributed by atoms with van der Waals surface area (Å²) in [5.41, 5.74) is 4.15. The first-order valence-corrected chi connectivity index (χ1v) is 6.96. The van der Waals surface area contributed by atoms with Crippen molar-refractivity contribution >= 4 is 0 Å². The summed E-state index contributed by atoms with van der Waals surface area (Å²) in [6.07, 6.45) is 0. The molecule has 0 saturated heterocycles. The van der Waals surface area contributed by atoms with Gasteiger partial charge in [-0.3, -0.25) is 0 Å².